The summed E-state index contributed by atoms with van der Waals surface area (Å²) in [5, 5.41) is 19.1. The molecule has 0 saturated carbocycles. The summed E-state index contributed by atoms with van der Waals surface area (Å²) in [4.78, 5) is 1.83. The fourth-order valence-corrected chi connectivity index (χ4v) is 3.59. The van der Waals surface area contributed by atoms with Crippen molar-refractivity contribution >= 4 is 22.9 Å². The van der Waals surface area contributed by atoms with Gasteiger partial charge >= 0.3 is 6.36 Å². The number of aliphatic hydroxyl groups excluding tert-OH is 1. The number of ether oxygens (including phenoxy) is 1. The number of aliphatic hydroxyl groups is 1. The van der Waals surface area contributed by atoms with Gasteiger partial charge in [-0.2, -0.15) is 0 Å². The molecule has 10 heteroatoms. The second-order valence-electron chi connectivity index (χ2n) is 6.86. The van der Waals surface area contributed by atoms with Gasteiger partial charge in [-0.05, 0) is 36.8 Å². The monoisotopic (exact) mass is 427 g/mol. The minimum absolute atomic E-state index is 0.0928. The van der Waals surface area contributed by atoms with Crippen LogP contribution in [-0.4, -0.2) is 34.4 Å². The van der Waals surface area contributed by atoms with Crippen molar-refractivity contribution in [1.29, 1.82) is 0 Å². The van der Waals surface area contributed by atoms with Gasteiger partial charge < -0.3 is 19.2 Å². The Morgan fingerprint density at radius 2 is 1.90 bits per heavy atom. The predicted molar refractivity (Wildman–Crippen MR) is 98.9 cm³/mol. The first-order valence-electron chi connectivity index (χ1n) is 8.98. The Labute approximate surface area is 169 Å². The number of nitrogens with zero attached hydrogens (tertiary/aromatic N) is 3. The van der Waals surface area contributed by atoms with Crippen molar-refractivity contribution in [3.63, 3.8) is 0 Å². The molecule has 0 radical (unpaired) electrons. The zero-order valence-corrected chi connectivity index (χ0v) is 15.8. The average molecular weight is 428 g/mol. The third kappa shape index (κ3) is 4.56. The lowest BCUT2D eigenvalue weighted by molar-refractivity contribution is -0.306. The molecule has 0 amide bonds. The fraction of sp³-hybridized carbons (Fsp3) is 0.368. The van der Waals surface area contributed by atoms with Gasteiger partial charge in [-0.25, -0.2) is 0 Å². The molecule has 2 aliphatic rings. The highest BCUT2D eigenvalue weighted by atomic mass is 35.5. The normalized spacial score (nSPS) is 22.4. The second-order valence-corrected chi connectivity index (χ2v) is 7.30. The topological polar surface area (TPSA) is 71.6 Å². The third-order valence-electron chi connectivity index (χ3n) is 4.85. The number of halogens is 4. The summed E-state index contributed by atoms with van der Waals surface area (Å²) >= 11 is 5.91. The van der Waals surface area contributed by atoms with E-state index in [1.807, 2.05) is 17.0 Å². The standard InChI is InChI=1S/C19H17ClF3N3O3/c20-13-3-5-14(6-4-13)26-10-12(9-16(26)27)18-25-24-17(28-18)11-1-7-15(8-2-11)29-19(21,22)23/h1,3-7,12,16,27H,2,8-10H2. The van der Waals surface area contributed by atoms with E-state index in [1.165, 1.54) is 12.2 Å². The number of rotatable bonds is 4. The third-order valence-corrected chi connectivity index (χ3v) is 5.10. The van der Waals surface area contributed by atoms with Gasteiger partial charge in [-0.3, -0.25) is 0 Å². The van der Waals surface area contributed by atoms with E-state index in [0.717, 1.165) is 5.69 Å². The molecule has 1 saturated heterocycles. The summed E-state index contributed by atoms with van der Waals surface area (Å²) in [5.41, 5.74) is 1.48. The lowest BCUT2D eigenvalue weighted by Crippen LogP contribution is -2.28. The SMILES string of the molecule is OC1CC(c2nnc(C3=CC=C(OC(F)(F)F)CC3)o2)CN1c1ccc(Cl)cc1. The molecule has 154 valence electrons. The molecule has 1 aliphatic carbocycles. The Balaban J connectivity index is 1.45. The molecule has 1 aromatic heterocycles. The van der Waals surface area contributed by atoms with E-state index in [4.69, 9.17) is 16.0 Å². The maximum atomic E-state index is 12.3. The molecule has 2 unspecified atom stereocenters. The van der Waals surface area contributed by atoms with E-state index < -0.39 is 12.6 Å². The number of hydrogen-bond acceptors (Lipinski definition) is 6. The quantitative estimate of drug-likeness (QED) is 0.767. The summed E-state index contributed by atoms with van der Waals surface area (Å²) in [6.45, 7) is 0.493. The largest absolute Gasteiger partial charge is 0.572 e. The van der Waals surface area contributed by atoms with Crippen LogP contribution in [0.1, 0.15) is 37.0 Å². The smallest absolute Gasteiger partial charge is 0.421 e. The van der Waals surface area contributed by atoms with Crippen LogP contribution in [0.25, 0.3) is 5.57 Å². The highest BCUT2D eigenvalue weighted by Crippen LogP contribution is 2.36. The number of aromatic nitrogens is 2. The molecule has 0 bridgehead atoms. The Bertz CT molecular complexity index is 940. The molecule has 0 spiro atoms. The number of alkyl halides is 3. The first-order chi connectivity index (χ1) is 13.8. The van der Waals surface area contributed by atoms with Crippen LogP contribution < -0.4 is 4.90 Å². The highest BCUT2D eigenvalue weighted by Gasteiger charge is 2.36. The van der Waals surface area contributed by atoms with Gasteiger partial charge in [0.25, 0.3) is 0 Å². The van der Waals surface area contributed by atoms with E-state index >= 15 is 0 Å². The van der Waals surface area contributed by atoms with Crippen LogP contribution in [0.3, 0.4) is 0 Å². The van der Waals surface area contributed by atoms with Crippen LogP contribution in [0.15, 0.2) is 46.6 Å². The predicted octanol–water partition coefficient (Wildman–Crippen LogP) is 4.63. The molecule has 1 aliphatic heterocycles. The lowest BCUT2D eigenvalue weighted by atomic mass is 10.0. The van der Waals surface area contributed by atoms with Gasteiger partial charge in [-0.15, -0.1) is 23.4 Å². The zero-order chi connectivity index (χ0) is 20.6. The molecule has 2 heterocycles. The number of benzene rings is 1. The van der Waals surface area contributed by atoms with Gasteiger partial charge in [0.1, 0.15) is 12.0 Å². The molecule has 2 atom stereocenters. The van der Waals surface area contributed by atoms with E-state index in [0.29, 0.717) is 35.9 Å². The van der Waals surface area contributed by atoms with Crippen molar-refractivity contribution in [1.82, 2.24) is 10.2 Å². The minimum Gasteiger partial charge on any atom is -0.421 e. The summed E-state index contributed by atoms with van der Waals surface area (Å²) in [5.74, 6) is 0.337. The minimum atomic E-state index is -4.70. The van der Waals surface area contributed by atoms with Gasteiger partial charge in [0.15, 0.2) is 0 Å². The van der Waals surface area contributed by atoms with Crippen LogP contribution >= 0.6 is 11.6 Å². The first kappa shape index (κ1) is 19.8. The Kier molecular flexibility index (Phi) is 5.26. The van der Waals surface area contributed by atoms with Crippen LogP contribution in [-0.2, 0) is 4.74 Å². The summed E-state index contributed by atoms with van der Waals surface area (Å²) in [6, 6.07) is 7.16. The Morgan fingerprint density at radius 1 is 1.14 bits per heavy atom. The number of hydrogen-bond donors (Lipinski definition) is 1. The van der Waals surface area contributed by atoms with E-state index in [-0.39, 0.29) is 24.0 Å². The molecule has 29 heavy (non-hydrogen) atoms. The van der Waals surface area contributed by atoms with Gasteiger partial charge in [0.05, 0.1) is 5.92 Å². The molecular formula is C19H17ClF3N3O3. The lowest BCUT2D eigenvalue weighted by Gasteiger charge is -2.22. The maximum absolute atomic E-state index is 12.3. The van der Waals surface area contributed by atoms with E-state index in [9.17, 15) is 18.3 Å². The molecule has 2 aromatic rings. The van der Waals surface area contributed by atoms with Crippen LogP contribution in [0.4, 0.5) is 18.9 Å². The van der Waals surface area contributed by atoms with Crippen LogP contribution in [0.2, 0.25) is 5.02 Å². The average Bonchev–Trinajstić information content (AvgIpc) is 3.29. The van der Waals surface area contributed by atoms with Crippen molar-refractivity contribution in [3.05, 3.63) is 59.0 Å². The highest BCUT2D eigenvalue weighted by molar-refractivity contribution is 6.30. The second kappa shape index (κ2) is 7.72. The molecule has 4 rings (SSSR count). The van der Waals surface area contributed by atoms with Crippen molar-refractivity contribution in [2.75, 3.05) is 11.4 Å². The molecule has 1 fully saturated rings. The summed E-state index contributed by atoms with van der Waals surface area (Å²) in [7, 11) is 0. The van der Waals surface area contributed by atoms with Crippen molar-refractivity contribution in [2.24, 2.45) is 0 Å². The molecule has 1 aromatic carbocycles. The molecule has 6 nitrogen and oxygen atoms in total. The van der Waals surface area contributed by atoms with Gasteiger partial charge in [0, 0.05) is 35.7 Å². The first-order valence-corrected chi connectivity index (χ1v) is 9.36. The summed E-state index contributed by atoms with van der Waals surface area (Å²) < 4.78 is 46.5. The molecule has 1 N–H and O–H groups in total. The van der Waals surface area contributed by atoms with E-state index in [1.54, 1.807) is 12.1 Å². The van der Waals surface area contributed by atoms with Crippen LogP contribution in [0, 0.1) is 0 Å². The van der Waals surface area contributed by atoms with Crippen molar-refractivity contribution in [2.45, 2.75) is 37.8 Å². The number of allylic oxidation sites excluding steroid dienone is 4. The zero-order valence-electron chi connectivity index (χ0n) is 15.1. The fourth-order valence-electron chi connectivity index (χ4n) is 3.46. The van der Waals surface area contributed by atoms with E-state index in [2.05, 4.69) is 14.9 Å². The van der Waals surface area contributed by atoms with Crippen molar-refractivity contribution in [3.8, 4) is 0 Å². The number of anilines is 1. The van der Waals surface area contributed by atoms with Gasteiger partial charge in [-0.1, -0.05) is 17.7 Å². The Morgan fingerprint density at radius 3 is 2.55 bits per heavy atom. The van der Waals surface area contributed by atoms with Gasteiger partial charge in [0.2, 0.25) is 11.8 Å². The van der Waals surface area contributed by atoms with Crippen LogP contribution in [0.5, 0.6) is 0 Å². The maximum Gasteiger partial charge on any atom is 0.572 e. The summed E-state index contributed by atoms with van der Waals surface area (Å²) in [6.07, 6.45) is -1.83. The molecular weight excluding hydrogens is 411 g/mol. The Hall–Kier alpha value is -2.52. The van der Waals surface area contributed by atoms with Crippen molar-refractivity contribution < 1.29 is 27.4 Å².